The van der Waals surface area contributed by atoms with Gasteiger partial charge in [0.25, 0.3) is 0 Å². The Labute approximate surface area is 179 Å². The number of anilines is 3. The summed E-state index contributed by atoms with van der Waals surface area (Å²) in [6.07, 6.45) is 1.39. The molecule has 4 N–H and O–H groups in total. The predicted molar refractivity (Wildman–Crippen MR) is 119 cm³/mol. The van der Waals surface area contributed by atoms with E-state index in [4.69, 9.17) is 22.3 Å². The van der Waals surface area contributed by atoms with Gasteiger partial charge in [-0.3, -0.25) is 4.90 Å². The Morgan fingerprint density at radius 2 is 1.97 bits per heavy atom. The second-order valence-electron chi connectivity index (χ2n) is 7.32. The van der Waals surface area contributed by atoms with Gasteiger partial charge < -0.3 is 21.1 Å². The predicted octanol–water partition coefficient (Wildman–Crippen LogP) is 1.94. The molecule has 1 fully saturated rings. The maximum Gasteiger partial charge on any atom is 0.227 e. The molecule has 1 unspecified atom stereocenters. The van der Waals surface area contributed by atoms with Crippen LogP contribution in [-0.4, -0.2) is 69.3 Å². The van der Waals surface area contributed by atoms with Gasteiger partial charge in [0.15, 0.2) is 0 Å². The molecule has 1 saturated heterocycles. The van der Waals surface area contributed by atoms with Gasteiger partial charge in [-0.2, -0.15) is 4.98 Å². The topological polar surface area (TPSA) is 116 Å². The van der Waals surface area contributed by atoms with Crippen LogP contribution in [0.4, 0.5) is 17.7 Å². The van der Waals surface area contributed by atoms with Crippen molar-refractivity contribution in [2.24, 2.45) is 0 Å². The van der Waals surface area contributed by atoms with Crippen LogP contribution in [0.5, 0.6) is 0 Å². The van der Waals surface area contributed by atoms with Crippen LogP contribution in [0.25, 0.3) is 10.9 Å². The normalized spacial score (nSPS) is 16.0. The molecule has 1 aliphatic heterocycles. The number of hydrogen-bond acceptors (Lipinski definition) is 9. The van der Waals surface area contributed by atoms with E-state index in [2.05, 4.69) is 36.1 Å². The SMILES string of the molecule is CC(Nc1ncnc(N)n1)c1cc2cc(Cl)ccc2nc1N1CCN(CCO)CC1. The second-order valence-corrected chi connectivity index (χ2v) is 7.76. The van der Waals surface area contributed by atoms with Crippen LogP contribution < -0.4 is 16.0 Å². The van der Waals surface area contributed by atoms with Crippen LogP contribution in [0, 0.1) is 0 Å². The number of aliphatic hydroxyl groups is 1. The quantitative estimate of drug-likeness (QED) is 0.541. The molecule has 3 heterocycles. The molecule has 30 heavy (non-hydrogen) atoms. The summed E-state index contributed by atoms with van der Waals surface area (Å²) in [6, 6.07) is 7.72. The first-order valence-electron chi connectivity index (χ1n) is 9.93. The third-order valence-corrected chi connectivity index (χ3v) is 5.51. The molecule has 10 heteroatoms. The highest BCUT2D eigenvalue weighted by atomic mass is 35.5. The smallest absolute Gasteiger partial charge is 0.227 e. The van der Waals surface area contributed by atoms with Crippen LogP contribution in [0.2, 0.25) is 5.02 Å². The number of aliphatic hydroxyl groups excluding tert-OH is 1. The number of β-amino-alcohol motifs (C(OH)–C–C–N with tert-alkyl or cyclic N) is 1. The molecule has 2 aromatic heterocycles. The molecule has 0 spiro atoms. The van der Waals surface area contributed by atoms with Crippen molar-refractivity contribution in [1.82, 2.24) is 24.8 Å². The number of halogens is 1. The summed E-state index contributed by atoms with van der Waals surface area (Å²) in [7, 11) is 0. The van der Waals surface area contributed by atoms with Gasteiger partial charge in [-0.25, -0.2) is 15.0 Å². The number of nitrogens with zero attached hydrogens (tertiary/aromatic N) is 6. The number of nitrogens with one attached hydrogen (secondary N) is 1. The van der Waals surface area contributed by atoms with Crippen molar-refractivity contribution < 1.29 is 5.11 Å². The van der Waals surface area contributed by atoms with Crippen LogP contribution in [0.1, 0.15) is 18.5 Å². The summed E-state index contributed by atoms with van der Waals surface area (Å²) in [5.41, 5.74) is 7.61. The molecule has 0 aliphatic carbocycles. The molecule has 4 rings (SSSR count). The van der Waals surface area contributed by atoms with E-state index >= 15 is 0 Å². The number of fused-ring (bicyclic) bond motifs is 1. The molecule has 158 valence electrons. The number of nitrogen functional groups attached to an aromatic ring is 1. The van der Waals surface area contributed by atoms with E-state index in [1.54, 1.807) is 0 Å². The Bertz CT molecular complexity index is 1020. The average Bonchev–Trinajstić information content (AvgIpc) is 2.73. The molecular formula is C20H25ClN8O. The van der Waals surface area contributed by atoms with E-state index in [0.717, 1.165) is 48.5 Å². The Balaban J connectivity index is 1.68. The van der Waals surface area contributed by atoms with Crippen LogP contribution in [-0.2, 0) is 0 Å². The van der Waals surface area contributed by atoms with Gasteiger partial charge in [0.05, 0.1) is 18.2 Å². The zero-order valence-electron chi connectivity index (χ0n) is 16.8. The molecule has 0 radical (unpaired) electrons. The zero-order valence-corrected chi connectivity index (χ0v) is 17.5. The van der Waals surface area contributed by atoms with Gasteiger partial charge in [-0.15, -0.1) is 0 Å². The Morgan fingerprint density at radius 1 is 1.17 bits per heavy atom. The highest BCUT2D eigenvalue weighted by molar-refractivity contribution is 6.31. The fourth-order valence-corrected chi connectivity index (χ4v) is 3.88. The number of hydrogen-bond donors (Lipinski definition) is 3. The number of rotatable bonds is 6. The van der Waals surface area contributed by atoms with E-state index in [-0.39, 0.29) is 18.6 Å². The van der Waals surface area contributed by atoms with Crippen LogP contribution in [0.15, 0.2) is 30.6 Å². The Kier molecular flexibility index (Phi) is 6.12. The van der Waals surface area contributed by atoms with Crippen molar-refractivity contribution in [1.29, 1.82) is 0 Å². The lowest BCUT2D eigenvalue weighted by molar-refractivity contribution is 0.188. The summed E-state index contributed by atoms with van der Waals surface area (Å²) in [5, 5.41) is 14.2. The van der Waals surface area contributed by atoms with E-state index in [9.17, 15) is 5.11 Å². The largest absolute Gasteiger partial charge is 0.395 e. The zero-order chi connectivity index (χ0) is 21.1. The molecular weight excluding hydrogens is 404 g/mol. The summed E-state index contributed by atoms with van der Waals surface area (Å²) in [5.74, 6) is 1.51. The molecule has 0 bridgehead atoms. The van der Waals surface area contributed by atoms with Crippen molar-refractivity contribution in [2.45, 2.75) is 13.0 Å². The fourth-order valence-electron chi connectivity index (χ4n) is 3.70. The molecule has 9 nitrogen and oxygen atoms in total. The van der Waals surface area contributed by atoms with Crippen molar-refractivity contribution >= 4 is 40.2 Å². The minimum atomic E-state index is -0.117. The first kappa shape index (κ1) is 20.5. The summed E-state index contributed by atoms with van der Waals surface area (Å²) in [6.45, 7) is 6.35. The number of pyridine rings is 1. The van der Waals surface area contributed by atoms with Gasteiger partial charge in [0.2, 0.25) is 11.9 Å². The van der Waals surface area contributed by atoms with E-state index in [0.29, 0.717) is 17.5 Å². The lowest BCUT2D eigenvalue weighted by Crippen LogP contribution is -2.47. The molecule has 1 aromatic carbocycles. The standard InChI is InChI=1S/C20H25ClN8O/c1-13(25-20-24-12-23-19(22)27-20)16-11-14-10-15(21)2-3-17(14)26-18(16)29-6-4-28(5-7-29)8-9-30/h2-3,10-13,30H,4-9H2,1H3,(H3,22,23,24,25,27). The van der Waals surface area contributed by atoms with E-state index in [1.165, 1.54) is 6.33 Å². The van der Waals surface area contributed by atoms with Crippen molar-refractivity contribution in [3.63, 3.8) is 0 Å². The van der Waals surface area contributed by atoms with Crippen LogP contribution >= 0.6 is 11.6 Å². The number of nitrogens with two attached hydrogens (primary N) is 1. The minimum Gasteiger partial charge on any atom is -0.395 e. The van der Waals surface area contributed by atoms with Gasteiger partial charge in [-0.05, 0) is 31.2 Å². The summed E-state index contributed by atoms with van der Waals surface area (Å²) >= 11 is 6.21. The lowest BCUT2D eigenvalue weighted by atomic mass is 10.0. The van der Waals surface area contributed by atoms with Gasteiger partial charge in [0.1, 0.15) is 12.1 Å². The Morgan fingerprint density at radius 3 is 2.70 bits per heavy atom. The van der Waals surface area contributed by atoms with Crippen molar-refractivity contribution in [3.8, 4) is 0 Å². The maximum atomic E-state index is 9.21. The van der Waals surface area contributed by atoms with Crippen molar-refractivity contribution in [3.05, 3.63) is 41.2 Å². The summed E-state index contributed by atoms with van der Waals surface area (Å²) < 4.78 is 0. The first-order valence-corrected chi connectivity index (χ1v) is 10.3. The highest BCUT2D eigenvalue weighted by Crippen LogP contribution is 2.31. The average molecular weight is 429 g/mol. The van der Waals surface area contributed by atoms with Gasteiger partial charge in [0, 0.05) is 48.7 Å². The molecule has 3 aromatic rings. The minimum absolute atomic E-state index is 0.117. The maximum absolute atomic E-state index is 9.21. The number of aromatic nitrogens is 4. The summed E-state index contributed by atoms with van der Waals surface area (Å²) in [4.78, 5) is 21.7. The second kappa shape index (κ2) is 8.95. The van der Waals surface area contributed by atoms with Crippen LogP contribution in [0.3, 0.4) is 0 Å². The molecule has 1 aliphatic rings. The third kappa shape index (κ3) is 4.53. The third-order valence-electron chi connectivity index (χ3n) is 5.28. The lowest BCUT2D eigenvalue weighted by Gasteiger charge is -2.36. The van der Waals surface area contributed by atoms with E-state index in [1.807, 2.05) is 25.1 Å². The Hall–Kier alpha value is -2.75. The first-order chi connectivity index (χ1) is 14.5. The monoisotopic (exact) mass is 428 g/mol. The fraction of sp³-hybridized carbons (Fsp3) is 0.400. The van der Waals surface area contributed by atoms with E-state index < -0.39 is 0 Å². The highest BCUT2D eigenvalue weighted by Gasteiger charge is 2.23. The number of benzene rings is 1. The van der Waals surface area contributed by atoms with Gasteiger partial charge >= 0.3 is 0 Å². The number of piperazine rings is 1. The molecule has 0 amide bonds. The van der Waals surface area contributed by atoms with Gasteiger partial charge in [-0.1, -0.05) is 11.6 Å². The molecule has 1 atom stereocenters. The van der Waals surface area contributed by atoms with Crippen molar-refractivity contribution in [2.75, 3.05) is 55.3 Å². The molecule has 0 saturated carbocycles.